The van der Waals surface area contributed by atoms with E-state index in [4.69, 9.17) is 14.3 Å². The van der Waals surface area contributed by atoms with Crippen LogP contribution in [0, 0.1) is 0 Å². The second-order valence-corrected chi connectivity index (χ2v) is 3.65. The van der Waals surface area contributed by atoms with E-state index in [1.807, 2.05) is 0 Å². The van der Waals surface area contributed by atoms with Gasteiger partial charge in [0.15, 0.2) is 0 Å². The highest BCUT2D eigenvalue weighted by molar-refractivity contribution is 7.77. The van der Waals surface area contributed by atoms with Gasteiger partial charge in [0.05, 0.1) is 0 Å². The molecule has 0 bridgehead atoms. The lowest BCUT2D eigenvalue weighted by Gasteiger charge is -2.00. The van der Waals surface area contributed by atoms with Crippen LogP contribution in [0.25, 0.3) is 0 Å². The van der Waals surface area contributed by atoms with Crippen molar-refractivity contribution < 1.29 is 23.1 Å². The predicted octanol–water partition coefficient (Wildman–Crippen LogP) is -1.15. The Balaban J connectivity index is 3.53. The molecular formula is CH6NO5PS. The Bertz CT molecular complexity index is 151. The van der Waals surface area contributed by atoms with E-state index in [2.05, 4.69) is 0 Å². The van der Waals surface area contributed by atoms with E-state index in [0.29, 0.717) is 0 Å². The summed E-state index contributed by atoms with van der Waals surface area (Å²) in [5.41, 5.74) is 0. The molecule has 0 aliphatic heterocycles. The summed E-state index contributed by atoms with van der Waals surface area (Å²) in [5, 5.41) is 0. The molecule has 1 unspecified atom stereocenters. The van der Waals surface area contributed by atoms with Gasteiger partial charge in [0.25, 0.3) is 0 Å². The fourth-order valence-electron chi connectivity index (χ4n) is 0.139. The minimum Gasteiger partial charge on any atom is -0.324 e. The first-order valence-electron chi connectivity index (χ1n) is 1.81. The summed E-state index contributed by atoms with van der Waals surface area (Å²) < 4.78 is 29.2. The van der Waals surface area contributed by atoms with Gasteiger partial charge in [-0.1, -0.05) is 0 Å². The van der Waals surface area contributed by atoms with Gasteiger partial charge in [0, 0.05) is 0 Å². The third-order valence-electron chi connectivity index (χ3n) is 0.394. The van der Waals surface area contributed by atoms with Crippen LogP contribution in [0.5, 0.6) is 0 Å². The van der Waals surface area contributed by atoms with Gasteiger partial charge < -0.3 is 9.79 Å². The van der Waals surface area contributed by atoms with Gasteiger partial charge in [0.2, 0.25) is 11.3 Å². The second kappa shape index (κ2) is 3.40. The van der Waals surface area contributed by atoms with Crippen molar-refractivity contribution in [2.24, 2.45) is 0 Å². The van der Waals surface area contributed by atoms with Gasteiger partial charge >= 0.3 is 7.60 Å². The largest absolute Gasteiger partial charge is 0.340 e. The van der Waals surface area contributed by atoms with E-state index >= 15 is 0 Å². The summed E-state index contributed by atoms with van der Waals surface area (Å²) in [6.07, 6.45) is -0.782. The first-order chi connectivity index (χ1) is 3.92. The van der Waals surface area contributed by atoms with Crippen LogP contribution in [-0.2, 0) is 15.8 Å². The molecule has 0 aromatic heterocycles. The average Bonchev–Trinajstić information content (AvgIpc) is 1.59. The number of nitrogens with one attached hydrogen (secondary N) is 1. The molecule has 56 valence electrons. The Hall–Kier alpha value is 0.220. The summed E-state index contributed by atoms with van der Waals surface area (Å²) in [6, 6.07) is 0. The monoisotopic (exact) mass is 175 g/mol. The van der Waals surface area contributed by atoms with Gasteiger partial charge in [-0.3, -0.25) is 9.12 Å². The Kier molecular flexibility index (Phi) is 3.49. The van der Waals surface area contributed by atoms with Gasteiger partial charge in [-0.05, 0) is 0 Å². The van der Waals surface area contributed by atoms with Crippen LogP contribution in [0.3, 0.4) is 0 Å². The summed E-state index contributed by atoms with van der Waals surface area (Å²) in [7, 11) is -4.18. The molecule has 0 aliphatic carbocycles. The molecule has 0 aliphatic rings. The van der Waals surface area contributed by atoms with E-state index in [1.165, 1.54) is 0 Å². The summed E-state index contributed by atoms with van der Waals surface area (Å²) in [5.74, 6) is 0. The maximum atomic E-state index is 9.92. The van der Waals surface area contributed by atoms with Crippen LogP contribution in [-0.4, -0.2) is 24.8 Å². The Morgan fingerprint density at radius 2 is 2.00 bits per heavy atom. The van der Waals surface area contributed by atoms with Crippen molar-refractivity contribution in [2.45, 2.75) is 0 Å². The van der Waals surface area contributed by atoms with Crippen molar-refractivity contribution in [3.05, 3.63) is 0 Å². The summed E-state index contributed by atoms with van der Waals surface area (Å²) >= 11 is -2.35. The molecule has 0 heterocycles. The van der Waals surface area contributed by atoms with E-state index in [-0.39, 0.29) is 0 Å². The molecule has 0 spiro atoms. The van der Waals surface area contributed by atoms with Gasteiger partial charge in [-0.25, -0.2) is 8.93 Å². The molecule has 0 rings (SSSR count). The van der Waals surface area contributed by atoms with E-state index in [1.54, 1.807) is 4.72 Å². The van der Waals surface area contributed by atoms with Crippen molar-refractivity contribution in [3.8, 4) is 0 Å². The zero-order chi connectivity index (χ0) is 7.49. The van der Waals surface area contributed by atoms with Crippen LogP contribution in [0.4, 0.5) is 0 Å². The van der Waals surface area contributed by atoms with Crippen LogP contribution in [0.15, 0.2) is 0 Å². The first kappa shape index (κ1) is 9.22. The molecule has 0 saturated carbocycles. The third kappa shape index (κ3) is 8.22. The maximum absolute atomic E-state index is 9.92. The summed E-state index contributed by atoms with van der Waals surface area (Å²) in [4.78, 5) is 16.1. The van der Waals surface area contributed by atoms with Crippen molar-refractivity contribution in [3.63, 3.8) is 0 Å². The quantitative estimate of drug-likeness (QED) is 0.320. The minimum absolute atomic E-state index is 0.782. The topological polar surface area (TPSA) is 107 Å². The molecule has 1 atom stereocenters. The standard InChI is InChI=1S/CH6NO5PS/c3-8(4,5)1-2-9(6)7/h2H,1H2,(H,6,7)(H2,3,4,5). The van der Waals surface area contributed by atoms with Crippen molar-refractivity contribution in [2.75, 3.05) is 6.29 Å². The minimum atomic E-state index is -4.18. The number of hydrogen-bond acceptors (Lipinski definition) is 2. The van der Waals surface area contributed by atoms with Crippen molar-refractivity contribution in [1.29, 1.82) is 0 Å². The second-order valence-electron chi connectivity index (χ2n) is 1.22. The van der Waals surface area contributed by atoms with Crippen LogP contribution < -0.4 is 4.72 Å². The van der Waals surface area contributed by atoms with Crippen LogP contribution in [0.1, 0.15) is 0 Å². The molecule has 4 N–H and O–H groups in total. The lowest BCUT2D eigenvalue weighted by Crippen LogP contribution is -2.17. The smallest absolute Gasteiger partial charge is 0.324 e. The highest BCUT2D eigenvalue weighted by Gasteiger charge is 2.12. The highest BCUT2D eigenvalue weighted by atomic mass is 32.2. The Labute approximate surface area is 53.9 Å². The fourth-order valence-corrected chi connectivity index (χ4v) is 1.25. The van der Waals surface area contributed by atoms with Gasteiger partial charge in [-0.2, -0.15) is 0 Å². The van der Waals surface area contributed by atoms with Crippen LogP contribution >= 0.6 is 7.60 Å². The third-order valence-corrected chi connectivity index (χ3v) is 1.57. The Morgan fingerprint density at radius 1 is 1.56 bits per heavy atom. The molecular weight excluding hydrogens is 169 g/mol. The van der Waals surface area contributed by atoms with Gasteiger partial charge in [0.1, 0.15) is 6.29 Å². The van der Waals surface area contributed by atoms with Crippen molar-refractivity contribution >= 4 is 18.9 Å². The molecule has 0 aromatic carbocycles. The molecule has 8 heteroatoms. The zero-order valence-corrected chi connectivity index (χ0v) is 5.93. The predicted molar refractivity (Wildman–Crippen MR) is 30.8 cm³/mol. The fraction of sp³-hybridized carbons (Fsp3) is 1.00. The lowest BCUT2D eigenvalue weighted by atomic mass is 11.5. The zero-order valence-electron chi connectivity index (χ0n) is 4.22. The molecule has 0 saturated heterocycles. The molecule has 0 aromatic rings. The molecule has 0 fully saturated rings. The molecule has 0 amide bonds. The molecule has 6 nitrogen and oxygen atoms in total. The summed E-state index contributed by atoms with van der Waals surface area (Å²) in [6.45, 7) is 0. The maximum Gasteiger partial charge on any atom is 0.340 e. The van der Waals surface area contributed by atoms with Crippen LogP contribution in [0.2, 0.25) is 0 Å². The van der Waals surface area contributed by atoms with E-state index in [9.17, 15) is 8.77 Å². The average molecular weight is 175 g/mol. The first-order valence-corrected chi connectivity index (χ1v) is 4.71. The highest BCUT2D eigenvalue weighted by Crippen LogP contribution is 2.31. The van der Waals surface area contributed by atoms with Crippen molar-refractivity contribution in [1.82, 2.24) is 4.72 Å². The molecule has 9 heavy (non-hydrogen) atoms. The number of hydrogen-bond donors (Lipinski definition) is 4. The van der Waals surface area contributed by atoms with E-state index in [0.717, 1.165) is 0 Å². The number of rotatable bonds is 3. The van der Waals surface area contributed by atoms with Gasteiger partial charge in [-0.15, -0.1) is 0 Å². The SMILES string of the molecule is O=S(O)NCP(=O)(O)O. The lowest BCUT2D eigenvalue weighted by molar-refractivity contribution is 0.371. The molecule has 0 radical (unpaired) electrons. The Morgan fingerprint density at radius 3 is 2.11 bits per heavy atom. The van der Waals surface area contributed by atoms with E-state index < -0.39 is 25.1 Å². The normalized spacial score (nSPS) is 15.4.